The van der Waals surface area contributed by atoms with Crippen LogP contribution in [0.15, 0.2) is 52.0 Å². The van der Waals surface area contributed by atoms with E-state index in [9.17, 15) is 9.59 Å². The van der Waals surface area contributed by atoms with Crippen LogP contribution in [-0.2, 0) is 11.2 Å². The number of carbonyl (C=O) groups excluding carboxylic acids is 2. The second-order valence-electron chi connectivity index (χ2n) is 5.87. The number of aryl methyl sites for hydroxylation is 1. The van der Waals surface area contributed by atoms with Gasteiger partial charge in [0.1, 0.15) is 5.76 Å². The minimum absolute atomic E-state index is 0.302. The zero-order chi connectivity index (χ0) is 18.8. The van der Waals surface area contributed by atoms with Crippen molar-refractivity contribution in [3.8, 4) is 11.8 Å². The molecule has 1 aromatic carbocycles. The van der Waals surface area contributed by atoms with Crippen LogP contribution in [-0.4, -0.2) is 16.1 Å². The molecule has 3 heterocycles. The summed E-state index contributed by atoms with van der Waals surface area (Å²) < 4.78 is 5.87. The first-order valence-electron chi connectivity index (χ1n) is 8.36. The van der Waals surface area contributed by atoms with Gasteiger partial charge in [0, 0.05) is 29.4 Å². The molecule has 0 bridgehead atoms. The van der Waals surface area contributed by atoms with E-state index in [2.05, 4.69) is 35.1 Å². The number of nitrogens with one attached hydrogen (secondary N) is 1. The standard InChI is InChI=1S/C21H14N2O3S/c1-2-13-5-3-4-6-14(13)7-8-15-11-22-12-16-9-17(26-19(15)16)10-18-20(24)23-21(25)27-18/h3-6,9-12H,2H2,1H3,(H,23,24,25)/b18-10-. The van der Waals surface area contributed by atoms with Crippen molar-refractivity contribution >= 4 is 40.0 Å². The largest absolute Gasteiger partial charge is 0.455 e. The van der Waals surface area contributed by atoms with Crippen molar-refractivity contribution in [1.82, 2.24) is 10.3 Å². The third-order valence-corrected chi connectivity index (χ3v) is 4.90. The van der Waals surface area contributed by atoms with Crippen LogP contribution in [0.25, 0.3) is 17.0 Å². The summed E-state index contributed by atoms with van der Waals surface area (Å²) in [6.07, 6.45) is 5.79. The van der Waals surface area contributed by atoms with Crippen LogP contribution in [0, 0.1) is 11.8 Å². The summed E-state index contributed by atoms with van der Waals surface area (Å²) in [5, 5.41) is 2.62. The number of carbonyl (C=O) groups is 2. The van der Waals surface area contributed by atoms with Gasteiger partial charge in [-0.25, -0.2) is 0 Å². The van der Waals surface area contributed by atoms with Crippen LogP contribution in [0.2, 0.25) is 0 Å². The molecule has 6 heteroatoms. The van der Waals surface area contributed by atoms with Gasteiger partial charge in [0.2, 0.25) is 0 Å². The number of pyridine rings is 1. The summed E-state index contributed by atoms with van der Waals surface area (Å²) in [5.41, 5.74) is 3.43. The zero-order valence-corrected chi connectivity index (χ0v) is 15.2. The van der Waals surface area contributed by atoms with Gasteiger partial charge in [0.15, 0.2) is 5.58 Å². The fourth-order valence-electron chi connectivity index (χ4n) is 2.78. The first-order valence-corrected chi connectivity index (χ1v) is 9.18. The van der Waals surface area contributed by atoms with E-state index in [0.29, 0.717) is 21.8 Å². The van der Waals surface area contributed by atoms with Crippen molar-refractivity contribution in [3.05, 3.63) is 70.1 Å². The summed E-state index contributed by atoms with van der Waals surface area (Å²) in [6, 6.07) is 9.79. The average molecular weight is 374 g/mol. The van der Waals surface area contributed by atoms with Gasteiger partial charge >= 0.3 is 0 Å². The molecule has 1 aliphatic rings. The topological polar surface area (TPSA) is 72.2 Å². The van der Waals surface area contributed by atoms with Crippen LogP contribution in [0.1, 0.15) is 29.4 Å². The Morgan fingerprint density at radius 1 is 1.19 bits per heavy atom. The normalized spacial score (nSPS) is 15.1. The molecule has 0 atom stereocenters. The summed E-state index contributed by atoms with van der Waals surface area (Å²) in [7, 11) is 0. The zero-order valence-electron chi connectivity index (χ0n) is 14.4. The number of rotatable bonds is 2. The average Bonchev–Trinajstić information content (AvgIpc) is 3.22. The maximum atomic E-state index is 11.7. The highest BCUT2D eigenvalue weighted by atomic mass is 32.2. The van der Waals surface area contributed by atoms with Crippen molar-refractivity contribution in [3.63, 3.8) is 0 Å². The molecule has 0 unspecified atom stereocenters. The molecular formula is C21H14N2O3S. The third-order valence-electron chi connectivity index (χ3n) is 4.09. The predicted molar refractivity (Wildman–Crippen MR) is 105 cm³/mol. The Morgan fingerprint density at radius 3 is 2.78 bits per heavy atom. The molecule has 2 aromatic heterocycles. The summed E-state index contributed by atoms with van der Waals surface area (Å²) in [6.45, 7) is 2.09. The molecule has 4 rings (SSSR count). The molecule has 27 heavy (non-hydrogen) atoms. The molecule has 3 aromatic rings. The number of thioether (sulfide) groups is 1. The lowest BCUT2D eigenvalue weighted by molar-refractivity contribution is -0.115. The van der Waals surface area contributed by atoms with E-state index in [0.717, 1.165) is 29.1 Å². The molecule has 1 fully saturated rings. The number of aromatic nitrogens is 1. The van der Waals surface area contributed by atoms with Crippen LogP contribution < -0.4 is 5.32 Å². The first-order chi connectivity index (χ1) is 13.1. The summed E-state index contributed by atoms with van der Waals surface area (Å²) >= 11 is 0.852. The Bertz CT molecular complexity index is 1160. The number of amides is 2. The Balaban J connectivity index is 1.73. The van der Waals surface area contributed by atoms with Gasteiger partial charge < -0.3 is 4.42 Å². The van der Waals surface area contributed by atoms with Crippen LogP contribution in [0.4, 0.5) is 4.79 Å². The van der Waals surface area contributed by atoms with Gasteiger partial charge in [0.25, 0.3) is 11.1 Å². The smallest absolute Gasteiger partial charge is 0.290 e. The SMILES string of the molecule is CCc1ccccc1C#Cc1cncc2cc(/C=C3\SC(=O)NC3=O)oc12. The lowest BCUT2D eigenvalue weighted by Crippen LogP contribution is -2.17. The van der Waals surface area contributed by atoms with Gasteiger partial charge in [-0.15, -0.1) is 0 Å². The van der Waals surface area contributed by atoms with E-state index in [1.54, 1.807) is 24.5 Å². The van der Waals surface area contributed by atoms with E-state index < -0.39 is 5.91 Å². The summed E-state index contributed by atoms with van der Waals surface area (Å²) in [5.74, 6) is 6.38. The molecule has 0 radical (unpaired) electrons. The molecule has 0 saturated carbocycles. The van der Waals surface area contributed by atoms with Crippen molar-refractivity contribution in [2.24, 2.45) is 0 Å². The number of fused-ring (bicyclic) bond motifs is 1. The Labute approximate surface area is 159 Å². The number of hydrogen-bond acceptors (Lipinski definition) is 5. The second kappa shape index (κ2) is 7.14. The second-order valence-corrected chi connectivity index (χ2v) is 6.88. The highest BCUT2D eigenvalue weighted by Crippen LogP contribution is 2.28. The lowest BCUT2D eigenvalue weighted by atomic mass is 10.1. The Morgan fingerprint density at radius 2 is 2.00 bits per heavy atom. The molecular weight excluding hydrogens is 360 g/mol. The number of imide groups is 1. The third kappa shape index (κ3) is 3.50. The molecule has 0 spiro atoms. The van der Waals surface area contributed by atoms with Crippen molar-refractivity contribution in [2.75, 3.05) is 0 Å². The monoisotopic (exact) mass is 374 g/mol. The van der Waals surface area contributed by atoms with E-state index >= 15 is 0 Å². The highest BCUT2D eigenvalue weighted by molar-refractivity contribution is 8.18. The Kier molecular flexibility index (Phi) is 4.53. The molecule has 132 valence electrons. The van der Waals surface area contributed by atoms with E-state index in [-0.39, 0.29) is 5.24 Å². The fraction of sp³-hybridized carbons (Fsp3) is 0.0952. The van der Waals surface area contributed by atoms with Crippen molar-refractivity contribution < 1.29 is 14.0 Å². The van der Waals surface area contributed by atoms with Crippen molar-refractivity contribution in [2.45, 2.75) is 13.3 Å². The van der Waals surface area contributed by atoms with Gasteiger partial charge in [0.05, 0.1) is 10.5 Å². The molecule has 1 saturated heterocycles. The maximum Gasteiger partial charge on any atom is 0.290 e. The maximum absolute atomic E-state index is 11.7. The number of hydrogen-bond donors (Lipinski definition) is 1. The van der Waals surface area contributed by atoms with E-state index in [4.69, 9.17) is 4.42 Å². The number of nitrogens with zero attached hydrogens (tertiary/aromatic N) is 1. The molecule has 5 nitrogen and oxygen atoms in total. The van der Waals surface area contributed by atoms with Crippen LogP contribution in [0.3, 0.4) is 0 Å². The van der Waals surface area contributed by atoms with Crippen LogP contribution in [0.5, 0.6) is 0 Å². The predicted octanol–water partition coefficient (Wildman–Crippen LogP) is 4.11. The molecule has 1 aliphatic heterocycles. The van der Waals surface area contributed by atoms with Crippen molar-refractivity contribution in [1.29, 1.82) is 0 Å². The Hall–Kier alpha value is -3.30. The number of benzene rings is 1. The first kappa shape index (κ1) is 17.1. The van der Waals surface area contributed by atoms with E-state index in [1.807, 2.05) is 18.2 Å². The van der Waals surface area contributed by atoms with Crippen LogP contribution >= 0.6 is 11.8 Å². The van der Waals surface area contributed by atoms with Gasteiger partial charge in [-0.3, -0.25) is 19.9 Å². The molecule has 1 N–H and O–H groups in total. The highest BCUT2D eigenvalue weighted by Gasteiger charge is 2.25. The van der Waals surface area contributed by atoms with Gasteiger partial charge in [-0.2, -0.15) is 0 Å². The van der Waals surface area contributed by atoms with Gasteiger partial charge in [-0.1, -0.05) is 37.0 Å². The van der Waals surface area contributed by atoms with Gasteiger partial charge in [-0.05, 0) is 35.9 Å². The minimum atomic E-state index is -0.417. The molecule has 0 aliphatic carbocycles. The fourth-order valence-corrected chi connectivity index (χ4v) is 3.44. The van der Waals surface area contributed by atoms with E-state index in [1.165, 1.54) is 5.56 Å². The number of furan rings is 1. The summed E-state index contributed by atoms with van der Waals surface area (Å²) in [4.78, 5) is 27.5. The quantitative estimate of drug-likeness (QED) is 0.540. The molecule has 2 amide bonds. The lowest BCUT2D eigenvalue weighted by Gasteiger charge is -1.99. The minimum Gasteiger partial charge on any atom is -0.455 e.